The molecule has 174 valence electrons. The fourth-order valence-electron chi connectivity index (χ4n) is 5.04. The zero-order valence-electron chi connectivity index (χ0n) is 18.8. The van der Waals surface area contributed by atoms with Gasteiger partial charge in [0.1, 0.15) is 6.61 Å². The van der Waals surface area contributed by atoms with E-state index in [9.17, 15) is 14.4 Å². The van der Waals surface area contributed by atoms with Crippen LogP contribution in [0.4, 0.5) is 4.79 Å². The van der Waals surface area contributed by atoms with Crippen LogP contribution in [-0.2, 0) is 14.3 Å². The van der Waals surface area contributed by atoms with E-state index >= 15 is 0 Å². The molecule has 1 saturated carbocycles. The van der Waals surface area contributed by atoms with Gasteiger partial charge in [-0.25, -0.2) is 4.79 Å². The fraction of sp³-hybridized carbons (Fsp3) is 0.423. The molecule has 0 aromatic heterocycles. The van der Waals surface area contributed by atoms with Crippen LogP contribution in [0.2, 0.25) is 0 Å². The van der Waals surface area contributed by atoms with Gasteiger partial charge in [0, 0.05) is 23.9 Å². The zero-order valence-corrected chi connectivity index (χ0v) is 18.8. The first-order chi connectivity index (χ1) is 15.9. The molecule has 0 aliphatic heterocycles. The minimum atomic E-state index is -0.943. The number of rotatable bonds is 7. The molecular formula is C26H30N2O5. The molecule has 2 aromatic rings. The van der Waals surface area contributed by atoms with Crippen molar-refractivity contribution >= 4 is 18.0 Å². The lowest BCUT2D eigenvalue weighted by Gasteiger charge is -2.29. The Labute approximate surface area is 193 Å². The number of ether oxygens (including phenoxy) is 1. The molecule has 33 heavy (non-hydrogen) atoms. The molecule has 0 bridgehead atoms. The van der Waals surface area contributed by atoms with E-state index in [0.717, 1.165) is 30.4 Å². The zero-order chi connectivity index (χ0) is 23.4. The summed E-state index contributed by atoms with van der Waals surface area (Å²) in [4.78, 5) is 35.9. The average Bonchev–Trinajstić information content (AvgIpc) is 3.11. The summed E-state index contributed by atoms with van der Waals surface area (Å²) >= 11 is 0. The van der Waals surface area contributed by atoms with Gasteiger partial charge >= 0.3 is 12.1 Å². The summed E-state index contributed by atoms with van der Waals surface area (Å²) < 4.78 is 5.63. The van der Waals surface area contributed by atoms with Crippen LogP contribution in [0.25, 0.3) is 11.1 Å². The Kier molecular flexibility index (Phi) is 6.96. The lowest BCUT2D eigenvalue weighted by molar-refractivity contribution is -0.137. The van der Waals surface area contributed by atoms with Crippen LogP contribution < -0.4 is 10.6 Å². The van der Waals surface area contributed by atoms with Gasteiger partial charge in [0.15, 0.2) is 0 Å². The van der Waals surface area contributed by atoms with Gasteiger partial charge in [-0.05, 0) is 48.4 Å². The van der Waals surface area contributed by atoms with Crippen LogP contribution in [0.3, 0.4) is 0 Å². The van der Waals surface area contributed by atoms with E-state index < -0.39 is 18.1 Å². The van der Waals surface area contributed by atoms with Crippen LogP contribution in [0, 0.1) is 5.92 Å². The van der Waals surface area contributed by atoms with Gasteiger partial charge in [0.2, 0.25) is 5.91 Å². The molecule has 2 amide bonds. The summed E-state index contributed by atoms with van der Waals surface area (Å²) in [5.74, 6) is -1.33. The van der Waals surface area contributed by atoms with Crippen molar-refractivity contribution in [3.63, 3.8) is 0 Å². The number of alkyl carbamates (subject to hydrolysis) is 1. The second-order valence-corrected chi connectivity index (χ2v) is 9.04. The molecule has 3 atom stereocenters. The van der Waals surface area contributed by atoms with Gasteiger partial charge in [-0.15, -0.1) is 0 Å². The third-order valence-electron chi connectivity index (χ3n) is 6.58. The smallest absolute Gasteiger partial charge is 0.407 e. The first-order valence-electron chi connectivity index (χ1n) is 11.6. The number of aliphatic carboxylic acids is 1. The van der Waals surface area contributed by atoms with E-state index in [-0.39, 0.29) is 36.8 Å². The molecule has 4 rings (SSSR count). The molecular weight excluding hydrogens is 420 g/mol. The number of carboxylic acids is 1. The monoisotopic (exact) mass is 450 g/mol. The number of hydrogen-bond donors (Lipinski definition) is 3. The minimum Gasteiger partial charge on any atom is -0.481 e. The van der Waals surface area contributed by atoms with Crippen molar-refractivity contribution < 1.29 is 24.2 Å². The van der Waals surface area contributed by atoms with Crippen LogP contribution >= 0.6 is 0 Å². The minimum absolute atomic E-state index is 0.00348. The Morgan fingerprint density at radius 2 is 1.67 bits per heavy atom. The van der Waals surface area contributed by atoms with Crippen LogP contribution in [0.1, 0.15) is 56.1 Å². The molecule has 1 fully saturated rings. The fourth-order valence-corrected chi connectivity index (χ4v) is 5.04. The third-order valence-corrected chi connectivity index (χ3v) is 6.58. The third kappa shape index (κ3) is 5.35. The molecule has 0 radical (unpaired) electrons. The Balaban J connectivity index is 1.30. The molecule has 2 aliphatic carbocycles. The van der Waals surface area contributed by atoms with E-state index in [4.69, 9.17) is 9.84 Å². The van der Waals surface area contributed by atoms with Crippen molar-refractivity contribution in [2.45, 2.75) is 57.0 Å². The topological polar surface area (TPSA) is 105 Å². The Hall–Kier alpha value is -3.35. The first-order valence-corrected chi connectivity index (χ1v) is 11.6. The SMILES string of the molecule is C[C@H](CC(=O)O)NC(=O)C1CCCC(NC(=O)OCC2c3ccccc3-c3ccccc32)C1. The maximum atomic E-state index is 12.6. The second kappa shape index (κ2) is 10.1. The number of carbonyl (C=O) groups excluding carboxylic acids is 2. The Morgan fingerprint density at radius 3 is 2.30 bits per heavy atom. The number of fused-ring (bicyclic) bond motifs is 3. The molecule has 0 heterocycles. The quantitative estimate of drug-likeness (QED) is 0.590. The van der Waals surface area contributed by atoms with Gasteiger partial charge in [0.25, 0.3) is 0 Å². The van der Waals surface area contributed by atoms with Crippen LogP contribution in [0.15, 0.2) is 48.5 Å². The summed E-state index contributed by atoms with van der Waals surface area (Å²) in [7, 11) is 0. The molecule has 2 aliphatic rings. The average molecular weight is 451 g/mol. The highest BCUT2D eigenvalue weighted by atomic mass is 16.5. The lowest BCUT2D eigenvalue weighted by atomic mass is 9.85. The normalized spacial score (nSPS) is 20.3. The molecule has 2 unspecified atom stereocenters. The maximum absolute atomic E-state index is 12.6. The number of carboxylic acid groups (broad SMARTS) is 1. The maximum Gasteiger partial charge on any atom is 0.407 e. The highest BCUT2D eigenvalue weighted by Crippen LogP contribution is 2.44. The Bertz CT molecular complexity index is 991. The van der Waals surface area contributed by atoms with Gasteiger partial charge in [-0.1, -0.05) is 55.0 Å². The second-order valence-electron chi connectivity index (χ2n) is 9.04. The predicted octanol–water partition coefficient (Wildman–Crippen LogP) is 4.06. The van der Waals surface area contributed by atoms with Gasteiger partial charge in [0.05, 0.1) is 6.42 Å². The summed E-state index contributed by atoms with van der Waals surface area (Å²) in [6.45, 7) is 1.93. The van der Waals surface area contributed by atoms with Gasteiger partial charge in [-0.3, -0.25) is 9.59 Å². The van der Waals surface area contributed by atoms with E-state index in [0.29, 0.717) is 6.42 Å². The van der Waals surface area contributed by atoms with Crippen LogP contribution in [0.5, 0.6) is 0 Å². The molecule has 0 spiro atoms. The molecule has 2 aromatic carbocycles. The number of nitrogens with one attached hydrogen (secondary N) is 2. The van der Waals surface area contributed by atoms with Crippen molar-refractivity contribution in [1.82, 2.24) is 10.6 Å². The van der Waals surface area contributed by atoms with Crippen LogP contribution in [-0.4, -0.2) is 41.8 Å². The van der Waals surface area contributed by atoms with Crippen molar-refractivity contribution in [1.29, 1.82) is 0 Å². The van der Waals surface area contributed by atoms with E-state index in [1.165, 1.54) is 11.1 Å². The Morgan fingerprint density at radius 1 is 1.03 bits per heavy atom. The number of carbonyl (C=O) groups is 3. The van der Waals surface area contributed by atoms with Gasteiger partial charge < -0.3 is 20.5 Å². The standard InChI is InChI=1S/C26H30N2O5/c1-16(13-24(29)30)27-25(31)17-7-6-8-18(14-17)28-26(32)33-15-23-21-11-4-2-9-19(21)20-10-3-5-12-22(20)23/h2-5,9-12,16-18,23H,6-8,13-15H2,1H3,(H,27,31)(H,28,32)(H,29,30)/t16-,17?,18?/m1/s1. The number of benzene rings is 2. The summed E-state index contributed by atoms with van der Waals surface area (Å²) in [5, 5.41) is 14.6. The number of hydrogen-bond acceptors (Lipinski definition) is 4. The molecule has 7 nitrogen and oxygen atoms in total. The molecule has 0 saturated heterocycles. The lowest BCUT2D eigenvalue weighted by Crippen LogP contribution is -2.44. The number of amides is 2. The van der Waals surface area contributed by atoms with E-state index in [2.05, 4.69) is 34.9 Å². The summed E-state index contributed by atoms with van der Waals surface area (Å²) in [6, 6.07) is 15.8. The van der Waals surface area contributed by atoms with Gasteiger partial charge in [-0.2, -0.15) is 0 Å². The summed E-state index contributed by atoms with van der Waals surface area (Å²) in [5.41, 5.74) is 4.69. The van der Waals surface area contributed by atoms with E-state index in [1.54, 1.807) is 6.92 Å². The van der Waals surface area contributed by atoms with Crippen molar-refractivity contribution in [2.24, 2.45) is 5.92 Å². The first kappa shape index (κ1) is 22.8. The largest absolute Gasteiger partial charge is 0.481 e. The predicted molar refractivity (Wildman–Crippen MR) is 124 cm³/mol. The molecule has 7 heteroatoms. The highest BCUT2D eigenvalue weighted by molar-refractivity contribution is 5.80. The highest BCUT2D eigenvalue weighted by Gasteiger charge is 2.31. The van der Waals surface area contributed by atoms with Crippen molar-refractivity contribution in [3.05, 3.63) is 59.7 Å². The van der Waals surface area contributed by atoms with Crippen molar-refractivity contribution in [2.75, 3.05) is 6.61 Å². The van der Waals surface area contributed by atoms with Crippen molar-refractivity contribution in [3.8, 4) is 11.1 Å². The summed E-state index contributed by atoms with van der Waals surface area (Å²) in [6.07, 6.45) is 2.28. The van der Waals surface area contributed by atoms with E-state index in [1.807, 2.05) is 24.3 Å². The molecule has 3 N–H and O–H groups in total.